The van der Waals surface area contributed by atoms with Crippen LogP contribution in [-0.2, 0) is 25.9 Å². The van der Waals surface area contributed by atoms with Gasteiger partial charge in [-0.3, -0.25) is 4.79 Å². The highest BCUT2D eigenvalue weighted by atomic mass is 35.5. The molecule has 3 rings (SSSR count). The number of ether oxygens (including phenoxy) is 1. The molecular weight excluding hydrogens is 465 g/mol. The van der Waals surface area contributed by atoms with Crippen molar-refractivity contribution in [1.29, 1.82) is 0 Å². The van der Waals surface area contributed by atoms with Crippen molar-refractivity contribution < 1.29 is 32.2 Å². The number of carbonyl (C=O) groups is 2. The summed E-state index contributed by atoms with van der Waals surface area (Å²) >= 11 is 5.76. The molecule has 0 unspecified atom stereocenters. The van der Waals surface area contributed by atoms with Gasteiger partial charge < -0.3 is 25.4 Å². The summed E-state index contributed by atoms with van der Waals surface area (Å²) in [6.07, 6.45) is -0.155. The number of halogens is 2. The molecule has 172 valence electrons. The molecule has 0 spiro atoms. The molecule has 1 aliphatic rings. The lowest BCUT2D eigenvalue weighted by molar-refractivity contribution is -0.175. The van der Waals surface area contributed by atoms with E-state index >= 15 is 0 Å². The average molecular weight is 486 g/mol. The third-order valence-electron chi connectivity index (χ3n) is 4.57. The summed E-state index contributed by atoms with van der Waals surface area (Å²) in [7, 11) is -3.25. The van der Waals surface area contributed by atoms with Gasteiger partial charge in [0.05, 0.1) is 0 Å². The largest absolute Gasteiger partial charge is 0.410 e. The standard InChI is InChI=1S/C20H21ClFN3O6S/c1-32(29,30)12-24-16-3-2-4-17(10-16)25-6-5-20(28,18(25)26)31-19(27)23-11-13-7-14(21)9-15(22)8-13/h2-4,7-10,24,28H,5-6,11-12H2,1H3,(H,23,27)/t20-/m0/s1. The Bertz CT molecular complexity index is 1130. The topological polar surface area (TPSA) is 125 Å². The summed E-state index contributed by atoms with van der Waals surface area (Å²) in [6.45, 7) is -0.0595. The monoisotopic (exact) mass is 485 g/mol. The summed E-state index contributed by atoms with van der Waals surface area (Å²) in [5.41, 5.74) is 1.23. The summed E-state index contributed by atoms with van der Waals surface area (Å²) in [6, 6.07) is 10.1. The molecule has 1 heterocycles. The lowest BCUT2D eigenvalue weighted by atomic mass is 10.2. The molecule has 2 aromatic rings. The maximum absolute atomic E-state index is 13.4. The number of amides is 2. The summed E-state index contributed by atoms with van der Waals surface area (Å²) in [5, 5.41) is 15.8. The lowest BCUT2D eigenvalue weighted by Crippen LogP contribution is -2.46. The molecule has 1 saturated heterocycles. The third-order valence-corrected chi connectivity index (χ3v) is 5.46. The van der Waals surface area contributed by atoms with Gasteiger partial charge in [0.2, 0.25) is 0 Å². The molecule has 3 N–H and O–H groups in total. The number of benzene rings is 2. The van der Waals surface area contributed by atoms with E-state index in [1.54, 1.807) is 24.3 Å². The first-order valence-corrected chi connectivity index (χ1v) is 11.9. The van der Waals surface area contributed by atoms with E-state index in [0.29, 0.717) is 16.9 Å². The molecule has 0 saturated carbocycles. The maximum atomic E-state index is 13.4. The number of carbonyl (C=O) groups excluding carboxylic acids is 2. The van der Waals surface area contributed by atoms with Crippen LogP contribution >= 0.6 is 11.6 Å². The third kappa shape index (κ3) is 6.09. The molecule has 0 radical (unpaired) electrons. The van der Waals surface area contributed by atoms with Crippen LogP contribution in [0.4, 0.5) is 20.6 Å². The summed E-state index contributed by atoms with van der Waals surface area (Å²) in [5.74, 6) is -4.08. The molecule has 1 fully saturated rings. The van der Waals surface area contributed by atoms with Crippen LogP contribution in [0.1, 0.15) is 12.0 Å². The SMILES string of the molecule is CS(=O)(=O)CNc1cccc(N2CC[C@](O)(OC(=O)NCc3cc(F)cc(Cl)c3)C2=O)c1. The number of sulfone groups is 1. The molecule has 0 bridgehead atoms. The fourth-order valence-corrected chi connectivity index (χ4v) is 3.77. The van der Waals surface area contributed by atoms with Crippen molar-refractivity contribution in [1.82, 2.24) is 5.32 Å². The van der Waals surface area contributed by atoms with Gasteiger partial charge in [-0.05, 0) is 42.0 Å². The van der Waals surface area contributed by atoms with E-state index in [2.05, 4.69) is 10.6 Å². The maximum Gasteiger partial charge on any atom is 0.410 e. The Morgan fingerprint density at radius 1 is 1.31 bits per heavy atom. The Morgan fingerprint density at radius 2 is 2.06 bits per heavy atom. The van der Waals surface area contributed by atoms with E-state index in [0.717, 1.165) is 12.3 Å². The van der Waals surface area contributed by atoms with Crippen LogP contribution in [0.3, 0.4) is 0 Å². The minimum atomic E-state index is -3.25. The Labute approximate surface area is 189 Å². The zero-order valence-corrected chi connectivity index (χ0v) is 18.5. The Kier molecular flexibility index (Phi) is 6.91. The van der Waals surface area contributed by atoms with Crippen molar-refractivity contribution in [3.05, 3.63) is 58.9 Å². The number of nitrogens with one attached hydrogen (secondary N) is 2. The van der Waals surface area contributed by atoms with Crippen molar-refractivity contribution in [3.8, 4) is 0 Å². The highest BCUT2D eigenvalue weighted by Gasteiger charge is 2.49. The molecule has 9 nitrogen and oxygen atoms in total. The Hall–Kier alpha value is -2.89. The number of alkyl carbamates (subject to hydrolysis) is 1. The number of anilines is 2. The van der Waals surface area contributed by atoms with Gasteiger partial charge in [0.15, 0.2) is 9.84 Å². The van der Waals surface area contributed by atoms with E-state index in [9.17, 15) is 27.5 Å². The van der Waals surface area contributed by atoms with Crippen molar-refractivity contribution in [2.75, 3.05) is 28.9 Å². The average Bonchev–Trinajstić information content (AvgIpc) is 2.98. The quantitative estimate of drug-likeness (QED) is 0.513. The van der Waals surface area contributed by atoms with Gasteiger partial charge in [-0.25, -0.2) is 17.6 Å². The second-order valence-electron chi connectivity index (χ2n) is 7.31. The van der Waals surface area contributed by atoms with Crippen LogP contribution in [0.5, 0.6) is 0 Å². The number of hydrogen-bond donors (Lipinski definition) is 3. The van der Waals surface area contributed by atoms with Crippen LogP contribution in [0.2, 0.25) is 5.02 Å². The van der Waals surface area contributed by atoms with Crippen LogP contribution in [-0.4, -0.2) is 50.0 Å². The molecule has 2 aromatic carbocycles. The smallest absolute Gasteiger partial charge is 0.407 e. The van der Waals surface area contributed by atoms with Gasteiger partial charge in [0.25, 0.3) is 11.7 Å². The Morgan fingerprint density at radius 3 is 2.75 bits per heavy atom. The van der Waals surface area contributed by atoms with Crippen LogP contribution in [0.15, 0.2) is 42.5 Å². The van der Waals surface area contributed by atoms with E-state index in [-0.39, 0.29) is 30.4 Å². The predicted molar refractivity (Wildman–Crippen MR) is 116 cm³/mol. The summed E-state index contributed by atoms with van der Waals surface area (Å²) in [4.78, 5) is 26.1. The van der Waals surface area contributed by atoms with Crippen LogP contribution in [0.25, 0.3) is 0 Å². The van der Waals surface area contributed by atoms with Crippen molar-refractivity contribution in [2.45, 2.75) is 18.8 Å². The number of rotatable bonds is 7. The number of hydrogen-bond acceptors (Lipinski definition) is 7. The number of aliphatic hydroxyl groups is 1. The second-order valence-corrected chi connectivity index (χ2v) is 9.89. The highest BCUT2D eigenvalue weighted by Crippen LogP contribution is 2.30. The molecule has 1 atom stereocenters. The first-order chi connectivity index (χ1) is 14.9. The first-order valence-electron chi connectivity index (χ1n) is 9.43. The van der Waals surface area contributed by atoms with Gasteiger partial charge >= 0.3 is 6.09 Å². The Balaban J connectivity index is 1.62. The molecular formula is C20H21ClFN3O6S. The van der Waals surface area contributed by atoms with Crippen molar-refractivity contribution in [2.24, 2.45) is 0 Å². The minimum Gasteiger partial charge on any atom is -0.407 e. The molecule has 12 heteroatoms. The minimum absolute atomic E-state index is 0.0671. The highest BCUT2D eigenvalue weighted by molar-refractivity contribution is 7.90. The molecule has 0 aromatic heterocycles. The molecule has 1 aliphatic heterocycles. The normalized spacial score (nSPS) is 18.5. The molecule has 2 amide bonds. The van der Waals surface area contributed by atoms with Gasteiger partial charge in [0.1, 0.15) is 11.7 Å². The zero-order chi connectivity index (χ0) is 23.5. The van der Waals surface area contributed by atoms with E-state index in [1.807, 2.05) is 0 Å². The predicted octanol–water partition coefficient (Wildman–Crippen LogP) is 2.24. The van der Waals surface area contributed by atoms with Crippen molar-refractivity contribution >= 4 is 44.8 Å². The number of nitrogens with zero attached hydrogens (tertiary/aromatic N) is 1. The molecule has 32 heavy (non-hydrogen) atoms. The van der Waals surface area contributed by atoms with Crippen LogP contribution in [0, 0.1) is 5.82 Å². The van der Waals surface area contributed by atoms with Crippen molar-refractivity contribution in [3.63, 3.8) is 0 Å². The van der Waals surface area contributed by atoms with Gasteiger partial charge in [0, 0.05) is 42.2 Å². The lowest BCUT2D eigenvalue weighted by Gasteiger charge is -2.23. The van der Waals surface area contributed by atoms with Gasteiger partial charge in [-0.2, -0.15) is 0 Å². The van der Waals surface area contributed by atoms with Crippen LogP contribution < -0.4 is 15.5 Å². The van der Waals surface area contributed by atoms with Gasteiger partial charge in [-0.1, -0.05) is 17.7 Å². The fourth-order valence-electron chi connectivity index (χ4n) is 3.10. The van der Waals surface area contributed by atoms with E-state index in [1.165, 1.54) is 17.0 Å². The van der Waals surface area contributed by atoms with E-state index in [4.69, 9.17) is 16.3 Å². The summed E-state index contributed by atoms with van der Waals surface area (Å²) < 4.78 is 41.0. The fraction of sp³-hybridized carbons (Fsp3) is 0.300. The van der Waals surface area contributed by atoms with Gasteiger partial charge in [-0.15, -0.1) is 0 Å². The van der Waals surface area contributed by atoms with E-state index < -0.39 is 33.4 Å². The molecule has 0 aliphatic carbocycles. The second kappa shape index (κ2) is 9.31. The zero-order valence-electron chi connectivity index (χ0n) is 17.0. The first kappa shape index (κ1) is 23.8.